The first-order chi connectivity index (χ1) is 14.2. The van der Waals surface area contributed by atoms with Crippen molar-refractivity contribution in [3.8, 4) is 5.75 Å². The van der Waals surface area contributed by atoms with E-state index in [9.17, 15) is 4.79 Å². The number of aromatic nitrogens is 1. The number of hydrogen-bond donors (Lipinski definition) is 0. The number of carbonyl (C=O) groups excluding carboxylic acids is 1. The van der Waals surface area contributed by atoms with Crippen LogP contribution >= 0.6 is 11.3 Å². The van der Waals surface area contributed by atoms with Crippen LogP contribution in [0.3, 0.4) is 0 Å². The van der Waals surface area contributed by atoms with Crippen molar-refractivity contribution in [2.45, 2.75) is 39.0 Å². The van der Waals surface area contributed by atoms with Crippen molar-refractivity contribution < 1.29 is 9.53 Å². The summed E-state index contributed by atoms with van der Waals surface area (Å²) < 4.78 is 5.78. The molecule has 3 aromatic rings. The molecule has 5 heteroatoms. The van der Waals surface area contributed by atoms with Crippen molar-refractivity contribution in [1.29, 1.82) is 0 Å². The number of rotatable bonds is 8. The van der Waals surface area contributed by atoms with E-state index in [1.54, 1.807) is 17.4 Å². The predicted molar refractivity (Wildman–Crippen MR) is 117 cm³/mol. The second kappa shape index (κ2) is 9.05. The van der Waals surface area contributed by atoms with Crippen molar-refractivity contribution in [3.63, 3.8) is 0 Å². The van der Waals surface area contributed by atoms with Gasteiger partial charge in [-0.25, -0.2) is 4.98 Å². The Balaban J connectivity index is 1.34. The van der Waals surface area contributed by atoms with E-state index in [2.05, 4.69) is 17.1 Å². The van der Waals surface area contributed by atoms with Gasteiger partial charge in [0.1, 0.15) is 12.4 Å². The van der Waals surface area contributed by atoms with E-state index in [4.69, 9.17) is 4.74 Å². The fraction of sp³-hybridized carbons (Fsp3) is 0.250. The lowest BCUT2D eigenvalue weighted by atomic mass is 10.2. The van der Waals surface area contributed by atoms with Gasteiger partial charge in [-0.3, -0.25) is 4.79 Å². The predicted octanol–water partition coefficient (Wildman–Crippen LogP) is 5.23. The molecule has 0 aliphatic heterocycles. The number of thiazole rings is 1. The maximum absolute atomic E-state index is 12.7. The fourth-order valence-electron chi connectivity index (χ4n) is 3.12. The number of aryl methyl sites for hydroxylation is 1. The molecule has 1 aliphatic rings. The lowest BCUT2D eigenvalue weighted by Crippen LogP contribution is -2.31. The minimum atomic E-state index is 0.0654. The lowest BCUT2D eigenvalue weighted by molar-refractivity contribution is -0.127. The molecular formula is C24H24N2O2S. The number of nitrogens with zero attached hydrogens (tertiary/aromatic N) is 2. The molecule has 1 amide bonds. The minimum Gasteiger partial charge on any atom is -0.487 e. The Hall–Kier alpha value is -2.92. The summed E-state index contributed by atoms with van der Waals surface area (Å²) in [6.45, 7) is 3.12. The normalized spacial score (nSPS) is 13.6. The maximum atomic E-state index is 12.7. The molecule has 1 aliphatic carbocycles. The summed E-state index contributed by atoms with van der Waals surface area (Å²) in [5.41, 5.74) is 3.09. The molecule has 0 atom stereocenters. The van der Waals surface area contributed by atoms with Crippen molar-refractivity contribution >= 4 is 23.3 Å². The van der Waals surface area contributed by atoms with E-state index in [1.807, 2.05) is 65.7 Å². The molecule has 0 spiro atoms. The average Bonchev–Trinajstić information content (AvgIpc) is 3.51. The summed E-state index contributed by atoms with van der Waals surface area (Å²) in [7, 11) is 0. The van der Waals surface area contributed by atoms with Crippen LogP contribution in [0.2, 0.25) is 0 Å². The van der Waals surface area contributed by atoms with E-state index in [-0.39, 0.29) is 5.91 Å². The molecule has 2 aromatic carbocycles. The number of benzene rings is 2. The maximum Gasteiger partial charge on any atom is 0.247 e. The Morgan fingerprint density at radius 3 is 2.59 bits per heavy atom. The van der Waals surface area contributed by atoms with Crippen molar-refractivity contribution in [1.82, 2.24) is 9.88 Å². The van der Waals surface area contributed by atoms with E-state index < -0.39 is 0 Å². The van der Waals surface area contributed by atoms with Crippen molar-refractivity contribution in [3.05, 3.63) is 87.9 Å². The van der Waals surface area contributed by atoms with Gasteiger partial charge in [-0.1, -0.05) is 42.5 Å². The number of carbonyl (C=O) groups is 1. The van der Waals surface area contributed by atoms with Gasteiger partial charge in [0, 0.05) is 24.0 Å². The zero-order valence-electron chi connectivity index (χ0n) is 16.5. The van der Waals surface area contributed by atoms with Crippen molar-refractivity contribution in [2.24, 2.45) is 0 Å². The fourth-order valence-corrected chi connectivity index (χ4v) is 3.72. The van der Waals surface area contributed by atoms with Crippen LogP contribution in [0.25, 0.3) is 6.08 Å². The average molecular weight is 405 g/mol. The van der Waals surface area contributed by atoms with Gasteiger partial charge >= 0.3 is 0 Å². The van der Waals surface area contributed by atoms with E-state index in [1.165, 1.54) is 0 Å². The highest BCUT2D eigenvalue weighted by Crippen LogP contribution is 2.28. The third kappa shape index (κ3) is 5.55. The topological polar surface area (TPSA) is 42.4 Å². The highest BCUT2D eigenvalue weighted by molar-refractivity contribution is 7.09. The number of amides is 1. The van der Waals surface area contributed by atoms with Crippen LogP contribution in [0, 0.1) is 6.92 Å². The highest BCUT2D eigenvalue weighted by Gasteiger charge is 2.31. The lowest BCUT2D eigenvalue weighted by Gasteiger charge is -2.21. The van der Waals surface area contributed by atoms with Gasteiger partial charge in [0.25, 0.3) is 0 Å². The monoisotopic (exact) mass is 404 g/mol. The van der Waals surface area contributed by atoms with E-state index in [0.29, 0.717) is 19.2 Å². The molecule has 0 N–H and O–H groups in total. The standard InChI is InChI=1S/C24H24N2O2S/c1-18-25-21(17-29-18)16-28-23-12-7-19(8-13-23)9-14-24(27)26(22-10-11-22)15-20-5-3-2-4-6-20/h2-9,12-14,17,22H,10-11,15-16H2,1H3/b14-9+. The van der Waals surface area contributed by atoms with Gasteiger partial charge in [-0.15, -0.1) is 11.3 Å². The second-order valence-corrected chi connectivity index (χ2v) is 8.29. The van der Waals surface area contributed by atoms with Gasteiger partial charge in [0.05, 0.1) is 10.7 Å². The molecule has 0 unspecified atom stereocenters. The molecular weight excluding hydrogens is 380 g/mol. The summed E-state index contributed by atoms with van der Waals surface area (Å²) >= 11 is 1.62. The largest absolute Gasteiger partial charge is 0.487 e. The van der Waals surface area contributed by atoms with Gasteiger partial charge in [0.15, 0.2) is 0 Å². The molecule has 4 rings (SSSR count). The Labute approximate surface area is 175 Å². The molecule has 1 fully saturated rings. The Morgan fingerprint density at radius 2 is 1.93 bits per heavy atom. The molecule has 0 radical (unpaired) electrons. The van der Waals surface area contributed by atoms with Crippen LogP contribution in [-0.4, -0.2) is 21.8 Å². The van der Waals surface area contributed by atoms with Gasteiger partial charge in [-0.05, 0) is 49.1 Å². The molecule has 29 heavy (non-hydrogen) atoms. The van der Waals surface area contributed by atoms with Gasteiger partial charge in [-0.2, -0.15) is 0 Å². The van der Waals surface area contributed by atoms with Crippen LogP contribution in [0.4, 0.5) is 0 Å². The molecule has 1 heterocycles. The molecule has 4 nitrogen and oxygen atoms in total. The second-order valence-electron chi connectivity index (χ2n) is 7.23. The zero-order valence-corrected chi connectivity index (χ0v) is 17.3. The minimum absolute atomic E-state index is 0.0654. The molecule has 148 valence electrons. The first-order valence-electron chi connectivity index (χ1n) is 9.84. The molecule has 0 saturated heterocycles. The third-order valence-electron chi connectivity index (χ3n) is 4.82. The van der Waals surface area contributed by atoms with Crippen molar-refractivity contribution in [2.75, 3.05) is 0 Å². The number of ether oxygens (including phenoxy) is 1. The van der Waals surface area contributed by atoms with E-state index in [0.717, 1.165) is 40.4 Å². The first kappa shape index (κ1) is 19.4. The Kier molecular flexibility index (Phi) is 6.06. The quantitative estimate of drug-likeness (QED) is 0.483. The molecule has 1 saturated carbocycles. The highest BCUT2D eigenvalue weighted by atomic mass is 32.1. The van der Waals surface area contributed by atoms with E-state index >= 15 is 0 Å². The molecule has 0 bridgehead atoms. The smallest absolute Gasteiger partial charge is 0.247 e. The Bertz CT molecular complexity index is 976. The SMILES string of the molecule is Cc1nc(COc2ccc(/C=C/C(=O)N(Cc3ccccc3)C3CC3)cc2)cs1. The third-order valence-corrected chi connectivity index (χ3v) is 5.64. The van der Waals surface area contributed by atoms with Crippen LogP contribution in [0.5, 0.6) is 5.75 Å². The first-order valence-corrected chi connectivity index (χ1v) is 10.7. The summed E-state index contributed by atoms with van der Waals surface area (Å²) in [6, 6.07) is 18.3. The summed E-state index contributed by atoms with van der Waals surface area (Å²) in [5, 5.41) is 3.06. The van der Waals surface area contributed by atoms with Crippen LogP contribution < -0.4 is 4.74 Å². The summed E-state index contributed by atoms with van der Waals surface area (Å²) in [6.07, 6.45) is 5.74. The van der Waals surface area contributed by atoms with Crippen LogP contribution in [0.15, 0.2) is 66.1 Å². The van der Waals surface area contributed by atoms with Gasteiger partial charge < -0.3 is 9.64 Å². The van der Waals surface area contributed by atoms with Crippen LogP contribution in [-0.2, 0) is 17.9 Å². The summed E-state index contributed by atoms with van der Waals surface area (Å²) in [4.78, 5) is 19.1. The summed E-state index contributed by atoms with van der Waals surface area (Å²) in [5.74, 6) is 0.860. The van der Waals surface area contributed by atoms with Crippen LogP contribution in [0.1, 0.15) is 34.7 Å². The Morgan fingerprint density at radius 1 is 1.17 bits per heavy atom. The number of hydrogen-bond acceptors (Lipinski definition) is 4. The van der Waals surface area contributed by atoms with Gasteiger partial charge in [0.2, 0.25) is 5.91 Å². The zero-order chi connectivity index (χ0) is 20.1. The molecule has 1 aromatic heterocycles.